The molecular weight excluding hydrogens is 364 g/mol. The van der Waals surface area contributed by atoms with Gasteiger partial charge in [-0.25, -0.2) is 8.78 Å². The van der Waals surface area contributed by atoms with E-state index in [2.05, 4.69) is 5.32 Å². The number of amidine groups is 1. The molecule has 4 bridgehead atoms. The molecular formula is C20H29F2N5O. The van der Waals surface area contributed by atoms with Gasteiger partial charge in [-0.3, -0.25) is 20.0 Å². The summed E-state index contributed by atoms with van der Waals surface area (Å²) in [4.78, 5) is 18.8. The highest BCUT2D eigenvalue weighted by Gasteiger charge is 2.58. The molecule has 0 radical (unpaired) electrons. The highest BCUT2D eigenvalue weighted by atomic mass is 19.3. The number of rotatable bonds is 4. The Hall–Kier alpha value is -1.75. The van der Waals surface area contributed by atoms with E-state index in [-0.39, 0.29) is 48.2 Å². The van der Waals surface area contributed by atoms with Crippen molar-refractivity contribution in [3.63, 3.8) is 0 Å². The number of nitriles is 1. The number of alkyl halides is 2. The molecule has 0 aromatic rings. The molecule has 8 heteroatoms. The van der Waals surface area contributed by atoms with Crippen LogP contribution in [-0.4, -0.2) is 47.7 Å². The normalized spacial score (nSPS) is 40.7. The Bertz CT molecular complexity index is 702. The molecule has 154 valence electrons. The zero-order valence-electron chi connectivity index (χ0n) is 16.3. The molecule has 3 atom stereocenters. The highest BCUT2D eigenvalue weighted by Crippen LogP contribution is 2.60. The van der Waals surface area contributed by atoms with Crippen LogP contribution in [0.2, 0.25) is 0 Å². The largest absolute Gasteiger partial charge is 0.369 e. The van der Waals surface area contributed by atoms with Gasteiger partial charge in [-0.1, -0.05) is 0 Å². The lowest BCUT2D eigenvalue weighted by Crippen LogP contribution is -2.58. The van der Waals surface area contributed by atoms with Crippen molar-refractivity contribution in [1.29, 1.82) is 5.26 Å². The van der Waals surface area contributed by atoms with E-state index in [9.17, 15) is 18.8 Å². The van der Waals surface area contributed by atoms with E-state index >= 15 is 0 Å². The van der Waals surface area contributed by atoms with Crippen LogP contribution in [-0.2, 0) is 4.79 Å². The molecule has 0 aromatic heterocycles. The Morgan fingerprint density at radius 3 is 2.57 bits per heavy atom. The molecule has 1 amide bonds. The minimum Gasteiger partial charge on any atom is -0.369 e. The predicted molar refractivity (Wildman–Crippen MR) is 100 cm³/mol. The SMILES string of the molecule is CC(C(=NC1C2CC3CC1CC(C(N)=O)(C3)C2)NC#N)N1CCCC(F)(F)C1. The standard InChI is InChI=1S/C20H29F2N5O/c1-12(27-4-2-3-20(21,22)10-27)17(25-11-23)26-16-14-5-13-6-15(16)9-19(7-13,8-14)18(24)28/h12-16H,2-10H2,1H3,(H2,24,28)(H,25,26). The lowest BCUT2D eigenvalue weighted by molar-refractivity contribution is -0.144. The molecule has 4 aliphatic carbocycles. The molecule has 5 rings (SSSR count). The predicted octanol–water partition coefficient (Wildman–Crippen LogP) is 2.26. The first-order valence-corrected chi connectivity index (χ1v) is 10.4. The van der Waals surface area contributed by atoms with Crippen molar-refractivity contribution in [2.75, 3.05) is 13.1 Å². The number of halogens is 2. The zero-order valence-corrected chi connectivity index (χ0v) is 16.3. The van der Waals surface area contributed by atoms with E-state index in [0.717, 1.165) is 32.1 Å². The molecule has 1 aliphatic heterocycles. The third-order valence-electron chi connectivity index (χ3n) is 7.58. The highest BCUT2D eigenvalue weighted by molar-refractivity contribution is 5.88. The first-order chi connectivity index (χ1) is 13.2. The van der Waals surface area contributed by atoms with E-state index in [1.165, 1.54) is 0 Å². The minimum absolute atomic E-state index is 0.0348. The molecule has 0 spiro atoms. The van der Waals surface area contributed by atoms with Crippen LogP contribution >= 0.6 is 0 Å². The van der Waals surface area contributed by atoms with Gasteiger partial charge in [-0.05, 0) is 69.7 Å². The summed E-state index contributed by atoms with van der Waals surface area (Å²) in [5.74, 6) is -1.31. The van der Waals surface area contributed by atoms with Crippen molar-refractivity contribution in [3.8, 4) is 6.19 Å². The summed E-state index contributed by atoms with van der Waals surface area (Å²) >= 11 is 0. The summed E-state index contributed by atoms with van der Waals surface area (Å²) in [5.41, 5.74) is 5.37. The molecule has 1 heterocycles. The fourth-order valence-electron chi connectivity index (χ4n) is 6.47. The number of likely N-dealkylation sites (tertiary alicyclic amines) is 1. The van der Waals surface area contributed by atoms with Crippen LogP contribution in [0.5, 0.6) is 0 Å². The number of aliphatic imine (C=N–C) groups is 1. The van der Waals surface area contributed by atoms with Crippen molar-refractivity contribution in [2.24, 2.45) is 33.9 Å². The van der Waals surface area contributed by atoms with Gasteiger partial charge in [0.1, 0.15) is 5.84 Å². The van der Waals surface area contributed by atoms with Crippen molar-refractivity contribution >= 4 is 11.7 Å². The Morgan fingerprint density at radius 2 is 2.00 bits per heavy atom. The van der Waals surface area contributed by atoms with Gasteiger partial charge in [0.2, 0.25) is 5.91 Å². The summed E-state index contributed by atoms with van der Waals surface area (Å²) in [6.07, 6.45) is 6.79. The molecule has 1 saturated heterocycles. The van der Waals surface area contributed by atoms with Gasteiger partial charge in [0.05, 0.1) is 18.6 Å². The number of carbonyl (C=O) groups excluding carboxylic acids is 1. The molecule has 5 aliphatic rings. The molecule has 28 heavy (non-hydrogen) atoms. The van der Waals surface area contributed by atoms with Gasteiger partial charge in [0, 0.05) is 11.8 Å². The van der Waals surface area contributed by atoms with Crippen LogP contribution < -0.4 is 11.1 Å². The summed E-state index contributed by atoms with van der Waals surface area (Å²) in [7, 11) is 0. The van der Waals surface area contributed by atoms with Crippen LogP contribution in [0, 0.1) is 34.6 Å². The number of piperidine rings is 1. The number of nitrogens with zero attached hydrogens (tertiary/aromatic N) is 3. The maximum absolute atomic E-state index is 13.9. The fraction of sp³-hybridized carbons (Fsp3) is 0.850. The van der Waals surface area contributed by atoms with E-state index < -0.39 is 5.92 Å². The van der Waals surface area contributed by atoms with E-state index in [4.69, 9.17) is 10.7 Å². The van der Waals surface area contributed by atoms with Crippen LogP contribution in [0.4, 0.5) is 8.78 Å². The van der Waals surface area contributed by atoms with Gasteiger partial charge >= 0.3 is 0 Å². The van der Waals surface area contributed by atoms with Gasteiger partial charge in [-0.15, -0.1) is 0 Å². The average Bonchev–Trinajstić information content (AvgIpc) is 2.61. The monoisotopic (exact) mass is 393 g/mol. The van der Waals surface area contributed by atoms with Crippen LogP contribution in [0.3, 0.4) is 0 Å². The van der Waals surface area contributed by atoms with Gasteiger partial charge < -0.3 is 5.73 Å². The lowest BCUT2D eigenvalue weighted by atomic mass is 9.48. The molecule has 4 saturated carbocycles. The number of primary amides is 1. The number of amides is 1. The number of nitrogens with two attached hydrogens (primary N) is 1. The molecule has 5 fully saturated rings. The van der Waals surface area contributed by atoms with Crippen molar-refractivity contribution in [2.45, 2.75) is 69.9 Å². The van der Waals surface area contributed by atoms with Gasteiger partial charge in [-0.2, -0.15) is 5.26 Å². The summed E-state index contributed by atoms with van der Waals surface area (Å²) in [6, 6.07) is -0.333. The molecule has 0 aromatic carbocycles. The number of hydrogen-bond donors (Lipinski definition) is 2. The van der Waals surface area contributed by atoms with Crippen molar-refractivity contribution < 1.29 is 13.6 Å². The second-order valence-corrected chi connectivity index (χ2v) is 9.46. The van der Waals surface area contributed by atoms with E-state index in [1.54, 1.807) is 4.90 Å². The second kappa shape index (κ2) is 6.94. The summed E-state index contributed by atoms with van der Waals surface area (Å²) < 4.78 is 27.7. The number of nitrogens with one attached hydrogen (secondary N) is 1. The van der Waals surface area contributed by atoms with E-state index in [0.29, 0.717) is 24.7 Å². The summed E-state index contributed by atoms with van der Waals surface area (Å²) in [5, 5.41) is 11.9. The van der Waals surface area contributed by atoms with E-state index in [1.807, 2.05) is 13.1 Å². The number of hydrogen-bond acceptors (Lipinski definition) is 4. The Morgan fingerprint density at radius 1 is 1.32 bits per heavy atom. The average molecular weight is 393 g/mol. The topological polar surface area (TPSA) is 94.5 Å². The molecule has 3 N–H and O–H groups in total. The molecule has 3 unspecified atom stereocenters. The minimum atomic E-state index is -2.69. The first-order valence-electron chi connectivity index (χ1n) is 10.4. The maximum atomic E-state index is 13.9. The fourth-order valence-corrected chi connectivity index (χ4v) is 6.47. The zero-order chi connectivity index (χ0) is 20.1. The third kappa shape index (κ3) is 3.38. The quantitative estimate of drug-likeness (QED) is 0.331. The van der Waals surface area contributed by atoms with Crippen molar-refractivity contribution in [3.05, 3.63) is 0 Å². The van der Waals surface area contributed by atoms with Crippen molar-refractivity contribution in [1.82, 2.24) is 10.2 Å². The maximum Gasteiger partial charge on any atom is 0.260 e. The smallest absolute Gasteiger partial charge is 0.260 e. The summed E-state index contributed by atoms with van der Waals surface area (Å²) in [6.45, 7) is 2.11. The van der Waals surface area contributed by atoms with Crippen LogP contribution in [0.1, 0.15) is 51.9 Å². The van der Waals surface area contributed by atoms with Gasteiger partial charge in [0.25, 0.3) is 5.92 Å². The second-order valence-electron chi connectivity index (χ2n) is 9.46. The first kappa shape index (κ1) is 19.6. The third-order valence-corrected chi connectivity index (χ3v) is 7.58. The Kier molecular flexibility index (Phi) is 4.85. The lowest BCUT2D eigenvalue weighted by Gasteiger charge is -2.57. The molecule has 6 nitrogen and oxygen atoms in total. The van der Waals surface area contributed by atoms with Gasteiger partial charge in [0.15, 0.2) is 6.19 Å². The van der Waals surface area contributed by atoms with Crippen LogP contribution in [0.25, 0.3) is 0 Å². The Labute approximate surface area is 164 Å². The van der Waals surface area contributed by atoms with Crippen LogP contribution in [0.15, 0.2) is 4.99 Å². The Balaban J connectivity index is 1.56. The number of carbonyl (C=O) groups is 1.